The largest absolute Gasteiger partial charge is 0.489 e. The smallest absolute Gasteiger partial charge is 0.416 e. The Balaban J connectivity index is 0.00000306. The Kier molecular flexibility index (Phi) is 8.01. The summed E-state index contributed by atoms with van der Waals surface area (Å²) in [5.41, 5.74) is 2.49. The number of hydrogen-bond acceptors (Lipinski definition) is 2. The van der Waals surface area contributed by atoms with Crippen LogP contribution in [-0.2, 0) is 25.9 Å². The molecule has 4 aromatic carbocycles. The van der Waals surface area contributed by atoms with E-state index in [4.69, 9.17) is 4.74 Å². The van der Waals surface area contributed by atoms with Crippen LogP contribution in [-0.4, -0.2) is 11.9 Å². The van der Waals surface area contributed by atoms with Crippen LogP contribution in [0.25, 0.3) is 10.8 Å². The number of fused-ring (bicyclic) bond motifs is 1. The Hall–Kier alpha value is -3.02. The molecule has 0 unspecified atom stereocenters. The van der Waals surface area contributed by atoms with E-state index >= 15 is 0 Å². The highest BCUT2D eigenvalue weighted by atomic mass is 35.5. The maximum atomic E-state index is 12.7. The molecule has 6 heteroatoms. The minimum atomic E-state index is -4.32. The van der Waals surface area contributed by atoms with Crippen LogP contribution in [0.3, 0.4) is 0 Å². The summed E-state index contributed by atoms with van der Waals surface area (Å²) in [5.74, 6) is 0.686. The molecule has 0 heterocycles. The van der Waals surface area contributed by atoms with Crippen LogP contribution in [0.15, 0.2) is 91.0 Å². The molecule has 0 aliphatic rings. The molecule has 0 spiro atoms. The molecule has 0 fully saturated rings. The lowest BCUT2D eigenvalue weighted by Gasteiger charge is -2.18. The van der Waals surface area contributed by atoms with Crippen LogP contribution >= 0.6 is 12.4 Å². The fourth-order valence-electron chi connectivity index (χ4n) is 3.74. The van der Waals surface area contributed by atoms with Gasteiger partial charge in [0.25, 0.3) is 0 Å². The van der Waals surface area contributed by atoms with Crippen LogP contribution in [0, 0.1) is 0 Å². The summed E-state index contributed by atoms with van der Waals surface area (Å²) in [4.78, 5) is 2.26. The molecule has 0 aromatic heterocycles. The zero-order valence-corrected chi connectivity index (χ0v) is 19.0. The summed E-state index contributed by atoms with van der Waals surface area (Å²) in [7, 11) is 2.09. The molecule has 0 N–H and O–H groups in total. The van der Waals surface area contributed by atoms with E-state index in [0.29, 0.717) is 11.3 Å². The summed E-state index contributed by atoms with van der Waals surface area (Å²) in [6.45, 7) is 1.86. The van der Waals surface area contributed by atoms with Gasteiger partial charge < -0.3 is 4.74 Å². The first-order chi connectivity index (χ1) is 15.4. The minimum Gasteiger partial charge on any atom is -0.489 e. The number of benzene rings is 4. The fourth-order valence-corrected chi connectivity index (χ4v) is 3.74. The van der Waals surface area contributed by atoms with Crippen molar-refractivity contribution >= 4 is 23.2 Å². The summed E-state index contributed by atoms with van der Waals surface area (Å²) >= 11 is 0. The zero-order chi connectivity index (χ0) is 22.6. The topological polar surface area (TPSA) is 12.5 Å². The van der Waals surface area contributed by atoms with Crippen LogP contribution < -0.4 is 4.74 Å². The number of nitrogens with zero attached hydrogens (tertiary/aromatic N) is 1. The number of rotatable bonds is 7. The van der Waals surface area contributed by atoms with Gasteiger partial charge in [0.2, 0.25) is 0 Å². The van der Waals surface area contributed by atoms with Gasteiger partial charge in [-0.1, -0.05) is 66.7 Å². The molecule has 0 amide bonds. The van der Waals surface area contributed by atoms with Crippen LogP contribution in [0.4, 0.5) is 13.2 Å². The lowest BCUT2D eigenvalue weighted by molar-refractivity contribution is -0.137. The van der Waals surface area contributed by atoms with Crippen molar-refractivity contribution in [1.29, 1.82) is 0 Å². The SMILES string of the molecule is CN(Cc1ccc(OCc2ccc(C(F)(F)F)cc2)cc1)Cc1cccc2ccccc12.Cl. The van der Waals surface area contributed by atoms with E-state index in [9.17, 15) is 13.2 Å². The van der Waals surface area contributed by atoms with Gasteiger partial charge in [0.15, 0.2) is 0 Å². The summed E-state index contributed by atoms with van der Waals surface area (Å²) < 4.78 is 43.7. The molecule has 0 aliphatic heterocycles. The van der Waals surface area contributed by atoms with Gasteiger partial charge in [-0.2, -0.15) is 13.2 Å². The average Bonchev–Trinajstić information content (AvgIpc) is 2.78. The fraction of sp³-hybridized carbons (Fsp3) is 0.185. The number of ether oxygens (including phenoxy) is 1. The van der Waals surface area contributed by atoms with E-state index in [-0.39, 0.29) is 19.0 Å². The standard InChI is InChI=1S/C27H24F3NO.ClH/c1-31(18-23-7-4-6-22-5-2-3-8-26(22)23)17-20-11-15-25(16-12-20)32-19-21-9-13-24(14-10-21)27(28,29)30;/h2-16H,17-19H2,1H3;1H. The van der Waals surface area contributed by atoms with E-state index in [2.05, 4.69) is 54.4 Å². The van der Waals surface area contributed by atoms with Gasteiger partial charge in [0.1, 0.15) is 12.4 Å². The first-order valence-corrected chi connectivity index (χ1v) is 10.4. The van der Waals surface area contributed by atoms with E-state index < -0.39 is 11.7 Å². The van der Waals surface area contributed by atoms with Gasteiger partial charge >= 0.3 is 6.18 Å². The number of alkyl halides is 3. The van der Waals surface area contributed by atoms with Crippen molar-refractivity contribution in [3.8, 4) is 5.75 Å². The molecule has 2 nitrogen and oxygen atoms in total. The predicted molar refractivity (Wildman–Crippen MR) is 129 cm³/mol. The molecular formula is C27H25ClF3NO. The second-order valence-corrected chi connectivity index (χ2v) is 7.94. The lowest BCUT2D eigenvalue weighted by atomic mass is 10.0. The van der Waals surface area contributed by atoms with Crippen molar-refractivity contribution in [3.05, 3.63) is 113 Å². The van der Waals surface area contributed by atoms with Crippen LogP contribution in [0.1, 0.15) is 22.3 Å². The second-order valence-electron chi connectivity index (χ2n) is 7.94. The van der Waals surface area contributed by atoms with E-state index in [1.54, 1.807) is 0 Å². The molecule has 33 heavy (non-hydrogen) atoms. The molecular weight excluding hydrogens is 447 g/mol. The van der Waals surface area contributed by atoms with Crippen molar-refractivity contribution in [2.24, 2.45) is 0 Å². The van der Waals surface area contributed by atoms with E-state index in [0.717, 1.165) is 30.8 Å². The van der Waals surface area contributed by atoms with E-state index in [1.807, 2.05) is 24.3 Å². The van der Waals surface area contributed by atoms with Gasteiger partial charge in [-0.3, -0.25) is 4.90 Å². The Labute approximate surface area is 198 Å². The van der Waals surface area contributed by atoms with Crippen molar-refractivity contribution < 1.29 is 17.9 Å². The van der Waals surface area contributed by atoms with E-state index in [1.165, 1.54) is 28.5 Å². The molecule has 0 radical (unpaired) electrons. The minimum absolute atomic E-state index is 0. The first-order valence-electron chi connectivity index (χ1n) is 10.4. The molecule has 4 rings (SSSR count). The Morgan fingerprint density at radius 1 is 0.727 bits per heavy atom. The van der Waals surface area contributed by atoms with Gasteiger partial charge in [0.05, 0.1) is 5.56 Å². The highest BCUT2D eigenvalue weighted by molar-refractivity contribution is 5.86. The van der Waals surface area contributed by atoms with Crippen LogP contribution in [0.2, 0.25) is 0 Å². The summed E-state index contributed by atoms with van der Waals surface area (Å²) in [5, 5.41) is 2.52. The summed E-state index contributed by atoms with van der Waals surface area (Å²) in [6, 6.07) is 27.6. The molecule has 0 saturated carbocycles. The van der Waals surface area contributed by atoms with Crippen molar-refractivity contribution in [2.75, 3.05) is 7.05 Å². The third-order valence-electron chi connectivity index (χ3n) is 5.38. The normalized spacial score (nSPS) is 11.4. The molecule has 0 aliphatic carbocycles. The summed E-state index contributed by atoms with van der Waals surface area (Å²) in [6.07, 6.45) is -4.32. The molecule has 0 atom stereocenters. The van der Waals surface area contributed by atoms with Gasteiger partial charge in [0, 0.05) is 13.1 Å². The average molecular weight is 472 g/mol. The zero-order valence-electron chi connectivity index (χ0n) is 18.2. The predicted octanol–water partition coefficient (Wildman–Crippen LogP) is 7.49. The maximum Gasteiger partial charge on any atom is 0.416 e. The van der Waals surface area contributed by atoms with Crippen molar-refractivity contribution in [1.82, 2.24) is 4.90 Å². The third kappa shape index (κ3) is 6.50. The Morgan fingerprint density at radius 2 is 1.36 bits per heavy atom. The maximum absolute atomic E-state index is 12.7. The van der Waals surface area contributed by atoms with Crippen molar-refractivity contribution in [3.63, 3.8) is 0 Å². The van der Waals surface area contributed by atoms with Crippen molar-refractivity contribution in [2.45, 2.75) is 25.9 Å². The highest BCUT2D eigenvalue weighted by Gasteiger charge is 2.29. The van der Waals surface area contributed by atoms with Gasteiger partial charge in [-0.15, -0.1) is 12.4 Å². The number of halogens is 4. The molecule has 172 valence electrons. The first kappa shape index (κ1) is 24.6. The van der Waals surface area contributed by atoms with Crippen LogP contribution in [0.5, 0.6) is 5.75 Å². The quantitative estimate of drug-likeness (QED) is 0.277. The third-order valence-corrected chi connectivity index (χ3v) is 5.38. The molecule has 0 bridgehead atoms. The lowest BCUT2D eigenvalue weighted by Crippen LogP contribution is -2.17. The second kappa shape index (κ2) is 10.7. The Morgan fingerprint density at radius 3 is 2.06 bits per heavy atom. The van der Waals surface area contributed by atoms with Gasteiger partial charge in [-0.25, -0.2) is 0 Å². The highest BCUT2D eigenvalue weighted by Crippen LogP contribution is 2.29. The molecule has 0 saturated heterocycles. The number of hydrogen-bond donors (Lipinski definition) is 0. The molecule has 4 aromatic rings. The van der Waals surface area contributed by atoms with Gasteiger partial charge in [-0.05, 0) is 58.8 Å². The Bertz CT molecular complexity index is 1170. The monoisotopic (exact) mass is 471 g/mol.